The number of rotatable bonds is 3. The molecule has 3 atom stereocenters. The van der Waals surface area contributed by atoms with Gasteiger partial charge in [-0.1, -0.05) is 48.5 Å². The SMILES string of the molecule is Cc1ccccc1[C@H]1[C@@H]2C(=O)N(c3cccc(F)c3)C(=O)[C@@H]2ON1c1ccccc1. The quantitative estimate of drug-likeness (QED) is 0.617. The van der Waals surface area contributed by atoms with Gasteiger partial charge in [-0.15, -0.1) is 0 Å². The lowest BCUT2D eigenvalue weighted by molar-refractivity contribution is -0.126. The standard InChI is InChI=1S/C24H19FN2O3/c1-15-8-5-6-13-19(15)21-20-22(30-27(21)17-10-3-2-4-11-17)24(29)26(23(20)28)18-12-7-9-16(25)14-18/h2-14,20-22H,1H3/t20-,21-,22+/m0/s1. The van der Waals surface area contributed by atoms with E-state index in [2.05, 4.69) is 0 Å². The summed E-state index contributed by atoms with van der Waals surface area (Å²) < 4.78 is 13.8. The molecule has 0 aliphatic carbocycles. The summed E-state index contributed by atoms with van der Waals surface area (Å²) in [6.45, 7) is 1.97. The highest BCUT2D eigenvalue weighted by Crippen LogP contribution is 2.48. The smallest absolute Gasteiger partial charge is 0.266 e. The minimum Gasteiger partial charge on any atom is -0.273 e. The number of fused-ring (bicyclic) bond motifs is 1. The highest BCUT2D eigenvalue weighted by atomic mass is 19.1. The Balaban J connectivity index is 1.61. The molecule has 0 radical (unpaired) electrons. The second-order valence-corrected chi connectivity index (χ2v) is 7.51. The molecule has 0 spiro atoms. The molecule has 5 rings (SSSR count). The van der Waals surface area contributed by atoms with Gasteiger partial charge < -0.3 is 0 Å². The third-order valence-corrected chi connectivity index (χ3v) is 5.70. The zero-order valence-corrected chi connectivity index (χ0v) is 16.2. The van der Waals surface area contributed by atoms with Gasteiger partial charge in [0.05, 0.1) is 17.4 Å². The Morgan fingerprint density at radius 2 is 1.53 bits per heavy atom. The van der Waals surface area contributed by atoms with E-state index >= 15 is 0 Å². The largest absolute Gasteiger partial charge is 0.273 e. The molecule has 0 bridgehead atoms. The van der Waals surface area contributed by atoms with Crippen LogP contribution in [0, 0.1) is 18.7 Å². The van der Waals surface area contributed by atoms with Crippen LogP contribution in [0.2, 0.25) is 0 Å². The number of amides is 2. The Bertz CT molecular complexity index is 1130. The maximum atomic E-state index is 13.8. The van der Waals surface area contributed by atoms with Crippen molar-refractivity contribution in [1.82, 2.24) is 0 Å². The fourth-order valence-electron chi connectivity index (χ4n) is 4.32. The topological polar surface area (TPSA) is 49.9 Å². The highest BCUT2D eigenvalue weighted by molar-refractivity contribution is 6.23. The summed E-state index contributed by atoms with van der Waals surface area (Å²) in [6.07, 6.45) is -0.967. The van der Waals surface area contributed by atoms with Crippen LogP contribution in [-0.4, -0.2) is 17.9 Å². The number of benzene rings is 3. The summed E-state index contributed by atoms with van der Waals surface area (Å²) in [4.78, 5) is 33.8. The highest BCUT2D eigenvalue weighted by Gasteiger charge is 2.60. The zero-order valence-electron chi connectivity index (χ0n) is 16.2. The molecule has 2 amide bonds. The summed E-state index contributed by atoms with van der Waals surface area (Å²) in [6, 6.07) is 22.2. The summed E-state index contributed by atoms with van der Waals surface area (Å²) in [5.41, 5.74) is 2.89. The van der Waals surface area contributed by atoms with Crippen molar-refractivity contribution in [2.45, 2.75) is 19.1 Å². The summed E-state index contributed by atoms with van der Waals surface area (Å²) in [5, 5.41) is 1.66. The van der Waals surface area contributed by atoms with Crippen LogP contribution in [0.25, 0.3) is 0 Å². The molecule has 0 unspecified atom stereocenters. The van der Waals surface area contributed by atoms with Crippen LogP contribution in [-0.2, 0) is 14.4 Å². The molecule has 0 saturated carbocycles. The number of halogens is 1. The first-order valence-electron chi connectivity index (χ1n) is 9.76. The van der Waals surface area contributed by atoms with E-state index in [1.807, 2.05) is 61.5 Å². The van der Waals surface area contributed by atoms with Gasteiger partial charge in [-0.25, -0.2) is 14.4 Å². The van der Waals surface area contributed by atoms with Crippen molar-refractivity contribution in [1.29, 1.82) is 0 Å². The number of anilines is 2. The molecule has 6 heteroatoms. The van der Waals surface area contributed by atoms with Gasteiger partial charge in [-0.05, 0) is 48.4 Å². The van der Waals surface area contributed by atoms with Crippen molar-refractivity contribution >= 4 is 23.2 Å². The number of carbonyl (C=O) groups excluding carboxylic acids is 2. The number of aryl methyl sites for hydroxylation is 1. The Morgan fingerprint density at radius 1 is 0.833 bits per heavy atom. The Morgan fingerprint density at radius 3 is 2.27 bits per heavy atom. The molecule has 3 aromatic rings. The van der Waals surface area contributed by atoms with Crippen molar-refractivity contribution in [3.63, 3.8) is 0 Å². The first-order valence-corrected chi connectivity index (χ1v) is 9.76. The van der Waals surface area contributed by atoms with Crippen LogP contribution >= 0.6 is 0 Å². The average molecular weight is 402 g/mol. The van der Waals surface area contributed by atoms with Crippen molar-refractivity contribution in [2.24, 2.45) is 5.92 Å². The van der Waals surface area contributed by atoms with E-state index < -0.39 is 29.8 Å². The molecule has 2 aliphatic heterocycles. The van der Waals surface area contributed by atoms with Gasteiger partial charge >= 0.3 is 0 Å². The Kier molecular flexibility index (Phi) is 4.37. The zero-order chi connectivity index (χ0) is 20.8. The van der Waals surface area contributed by atoms with Gasteiger partial charge in [0.2, 0.25) is 5.91 Å². The van der Waals surface area contributed by atoms with Gasteiger partial charge in [0.15, 0.2) is 6.10 Å². The first-order chi connectivity index (χ1) is 14.6. The molecule has 3 aromatic carbocycles. The molecular weight excluding hydrogens is 383 g/mol. The fourth-order valence-corrected chi connectivity index (χ4v) is 4.32. The predicted octanol–water partition coefficient (Wildman–Crippen LogP) is 4.19. The van der Waals surface area contributed by atoms with Crippen LogP contribution in [0.3, 0.4) is 0 Å². The molecule has 2 saturated heterocycles. The minimum atomic E-state index is -0.967. The predicted molar refractivity (Wildman–Crippen MR) is 110 cm³/mol. The van der Waals surface area contributed by atoms with Crippen molar-refractivity contribution in [3.05, 3.63) is 95.8 Å². The van der Waals surface area contributed by atoms with Crippen LogP contribution in [0.5, 0.6) is 0 Å². The lowest BCUT2D eigenvalue weighted by Gasteiger charge is -2.29. The van der Waals surface area contributed by atoms with E-state index in [9.17, 15) is 14.0 Å². The lowest BCUT2D eigenvalue weighted by Crippen LogP contribution is -2.37. The number of carbonyl (C=O) groups is 2. The number of hydrogen-bond donors (Lipinski definition) is 0. The van der Waals surface area contributed by atoms with E-state index in [4.69, 9.17) is 4.84 Å². The lowest BCUT2D eigenvalue weighted by atomic mass is 9.88. The number of para-hydroxylation sites is 1. The van der Waals surface area contributed by atoms with Crippen molar-refractivity contribution < 1.29 is 18.8 Å². The summed E-state index contributed by atoms with van der Waals surface area (Å²) in [5.74, 6) is -2.11. The molecule has 2 fully saturated rings. The van der Waals surface area contributed by atoms with Crippen LogP contribution in [0.1, 0.15) is 17.2 Å². The van der Waals surface area contributed by atoms with Crippen molar-refractivity contribution in [3.8, 4) is 0 Å². The number of hydrogen-bond acceptors (Lipinski definition) is 4. The molecule has 150 valence electrons. The minimum absolute atomic E-state index is 0.220. The molecule has 2 heterocycles. The van der Waals surface area contributed by atoms with E-state index in [1.165, 1.54) is 18.2 Å². The number of nitrogens with zero attached hydrogens (tertiary/aromatic N) is 2. The van der Waals surface area contributed by atoms with E-state index in [-0.39, 0.29) is 11.6 Å². The monoisotopic (exact) mass is 402 g/mol. The molecular formula is C24H19FN2O3. The first kappa shape index (κ1) is 18.5. The van der Waals surface area contributed by atoms with Crippen LogP contribution in [0.4, 0.5) is 15.8 Å². The van der Waals surface area contributed by atoms with Gasteiger partial charge in [0.25, 0.3) is 5.91 Å². The normalized spacial score (nSPS) is 23.2. The number of imide groups is 1. The second kappa shape index (κ2) is 7.07. The van der Waals surface area contributed by atoms with E-state index in [0.717, 1.165) is 21.7 Å². The Labute approximate surface area is 173 Å². The van der Waals surface area contributed by atoms with E-state index in [1.54, 1.807) is 11.1 Å². The molecule has 30 heavy (non-hydrogen) atoms. The number of hydroxylamine groups is 1. The summed E-state index contributed by atoms with van der Waals surface area (Å²) in [7, 11) is 0. The molecule has 5 nitrogen and oxygen atoms in total. The third kappa shape index (κ3) is 2.80. The maximum absolute atomic E-state index is 13.8. The van der Waals surface area contributed by atoms with Gasteiger partial charge in [0, 0.05) is 0 Å². The van der Waals surface area contributed by atoms with Crippen LogP contribution < -0.4 is 9.96 Å². The molecule has 0 N–H and O–H groups in total. The third-order valence-electron chi connectivity index (χ3n) is 5.70. The molecule has 2 aliphatic rings. The summed E-state index contributed by atoms with van der Waals surface area (Å²) >= 11 is 0. The molecule has 0 aromatic heterocycles. The van der Waals surface area contributed by atoms with Gasteiger partial charge in [0.1, 0.15) is 11.7 Å². The van der Waals surface area contributed by atoms with Crippen molar-refractivity contribution in [2.75, 3.05) is 9.96 Å². The van der Waals surface area contributed by atoms with Crippen LogP contribution in [0.15, 0.2) is 78.9 Å². The second-order valence-electron chi connectivity index (χ2n) is 7.51. The van der Waals surface area contributed by atoms with Gasteiger partial charge in [-0.2, -0.15) is 0 Å². The Hall–Kier alpha value is -3.51. The maximum Gasteiger partial charge on any atom is 0.266 e. The average Bonchev–Trinajstić information content (AvgIpc) is 3.25. The van der Waals surface area contributed by atoms with E-state index in [0.29, 0.717) is 0 Å². The fraction of sp³-hybridized carbons (Fsp3) is 0.167. The van der Waals surface area contributed by atoms with Gasteiger partial charge in [-0.3, -0.25) is 14.4 Å².